The highest BCUT2D eigenvalue weighted by Gasteiger charge is 2.27. The standard InChI is InChI=1S/C18H26N2O3/c1-20(12-14-7-2-4-8-16(14)21)18(22)19-11-15-10-13-6-3-5-9-17(13)23-15/h3,5-6,9,14-16,21H,2,4,7-8,10-12H2,1H3,(H,19,22)/t14-,15-,16-/m0/s1. The number of carbonyl (C=O) groups excluding carboxylic acids is 1. The lowest BCUT2D eigenvalue weighted by Crippen LogP contribution is -2.45. The number of para-hydroxylation sites is 1. The summed E-state index contributed by atoms with van der Waals surface area (Å²) < 4.78 is 5.83. The molecule has 1 aliphatic carbocycles. The van der Waals surface area contributed by atoms with Crippen LogP contribution in [0.1, 0.15) is 31.2 Å². The van der Waals surface area contributed by atoms with E-state index in [1.807, 2.05) is 18.2 Å². The average Bonchev–Trinajstić information content (AvgIpc) is 2.97. The first-order valence-corrected chi connectivity index (χ1v) is 8.55. The highest BCUT2D eigenvalue weighted by molar-refractivity contribution is 5.73. The van der Waals surface area contributed by atoms with E-state index in [1.54, 1.807) is 11.9 Å². The van der Waals surface area contributed by atoms with Crippen LogP contribution in [0.25, 0.3) is 0 Å². The molecule has 0 spiro atoms. The van der Waals surface area contributed by atoms with Gasteiger partial charge >= 0.3 is 6.03 Å². The maximum Gasteiger partial charge on any atom is 0.317 e. The molecule has 3 atom stereocenters. The molecule has 1 fully saturated rings. The third-order valence-electron chi connectivity index (χ3n) is 4.92. The monoisotopic (exact) mass is 318 g/mol. The molecule has 2 N–H and O–H groups in total. The van der Waals surface area contributed by atoms with Crippen LogP contribution < -0.4 is 10.1 Å². The van der Waals surface area contributed by atoms with Crippen molar-refractivity contribution < 1.29 is 14.6 Å². The minimum atomic E-state index is -0.272. The minimum absolute atomic E-state index is 0.00465. The van der Waals surface area contributed by atoms with Crippen LogP contribution in [-0.2, 0) is 6.42 Å². The van der Waals surface area contributed by atoms with Gasteiger partial charge in [-0.15, -0.1) is 0 Å². The van der Waals surface area contributed by atoms with Crippen molar-refractivity contribution in [3.05, 3.63) is 29.8 Å². The zero-order valence-electron chi connectivity index (χ0n) is 13.7. The van der Waals surface area contributed by atoms with Crippen molar-refractivity contribution in [2.24, 2.45) is 5.92 Å². The highest BCUT2D eigenvalue weighted by Crippen LogP contribution is 2.28. The molecule has 5 nitrogen and oxygen atoms in total. The van der Waals surface area contributed by atoms with Crippen LogP contribution in [0.15, 0.2) is 24.3 Å². The summed E-state index contributed by atoms with van der Waals surface area (Å²) in [6.45, 7) is 1.11. The third-order valence-corrected chi connectivity index (χ3v) is 4.92. The molecule has 0 saturated heterocycles. The molecular weight excluding hydrogens is 292 g/mol. The van der Waals surface area contributed by atoms with E-state index in [4.69, 9.17) is 4.74 Å². The molecule has 1 saturated carbocycles. The molecule has 126 valence electrons. The fourth-order valence-corrected chi connectivity index (χ4v) is 3.54. The highest BCUT2D eigenvalue weighted by atomic mass is 16.5. The van der Waals surface area contributed by atoms with Crippen molar-refractivity contribution in [1.82, 2.24) is 10.2 Å². The maximum absolute atomic E-state index is 12.2. The molecule has 3 rings (SSSR count). The van der Waals surface area contributed by atoms with Crippen molar-refractivity contribution >= 4 is 6.03 Å². The second-order valence-corrected chi connectivity index (χ2v) is 6.73. The Bertz CT molecular complexity index is 524. The van der Waals surface area contributed by atoms with E-state index in [9.17, 15) is 9.90 Å². The van der Waals surface area contributed by atoms with Gasteiger partial charge in [0.05, 0.1) is 12.6 Å². The summed E-state index contributed by atoms with van der Waals surface area (Å²) in [4.78, 5) is 13.9. The molecule has 1 aliphatic heterocycles. The van der Waals surface area contributed by atoms with E-state index in [1.165, 1.54) is 5.56 Å². The molecule has 2 amide bonds. The number of nitrogens with zero attached hydrogens (tertiary/aromatic N) is 1. The summed E-state index contributed by atoms with van der Waals surface area (Å²) in [6, 6.07) is 7.90. The SMILES string of the molecule is CN(C[C@@H]1CCCC[C@@H]1O)C(=O)NC[C@@H]1Cc2ccccc2O1. The number of nitrogens with one attached hydrogen (secondary N) is 1. The Labute approximate surface area is 137 Å². The molecule has 1 heterocycles. The van der Waals surface area contributed by atoms with Gasteiger partial charge in [0.2, 0.25) is 0 Å². The van der Waals surface area contributed by atoms with Gasteiger partial charge in [0, 0.05) is 25.9 Å². The van der Waals surface area contributed by atoms with Crippen molar-refractivity contribution in [2.45, 2.75) is 44.3 Å². The molecule has 0 bridgehead atoms. The van der Waals surface area contributed by atoms with E-state index in [-0.39, 0.29) is 24.2 Å². The van der Waals surface area contributed by atoms with Crippen LogP contribution in [0.2, 0.25) is 0 Å². The van der Waals surface area contributed by atoms with E-state index in [2.05, 4.69) is 11.4 Å². The number of hydrogen-bond donors (Lipinski definition) is 2. The summed E-state index contributed by atoms with van der Waals surface area (Å²) in [5.41, 5.74) is 1.20. The Morgan fingerprint density at radius 3 is 2.91 bits per heavy atom. The Hall–Kier alpha value is -1.75. The molecule has 23 heavy (non-hydrogen) atoms. The van der Waals surface area contributed by atoms with E-state index in [0.29, 0.717) is 13.1 Å². The predicted octanol–water partition coefficient (Wildman–Crippen LogP) is 2.18. The number of fused-ring (bicyclic) bond motifs is 1. The smallest absolute Gasteiger partial charge is 0.317 e. The van der Waals surface area contributed by atoms with Crippen molar-refractivity contribution in [1.29, 1.82) is 0 Å². The lowest BCUT2D eigenvalue weighted by atomic mass is 9.86. The number of aliphatic hydroxyl groups excluding tert-OH is 1. The maximum atomic E-state index is 12.2. The van der Waals surface area contributed by atoms with E-state index < -0.39 is 0 Å². The van der Waals surface area contributed by atoms with Crippen molar-refractivity contribution in [3.63, 3.8) is 0 Å². The molecule has 1 aromatic rings. The molecule has 0 radical (unpaired) electrons. The van der Waals surface area contributed by atoms with Gasteiger partial charge in [-0.05, 0) is 24.5 Å². The quantitative estimate of drug-likeness (QED) is 0.894. The first kappa shape index (κ1) is 16.1. The lowest BCUT2D eigenvalue weighted by Gasteiger charge is -2.31. The number of urea groups is 1. The Morgan fingerprint density at radius 1 is 1.35 bits per heavy atom. The van der Waals surface area contributed by atoms with Gasteiger partial charge in [-0.2, -0.15) is 0 Å². The van der Waals surface area contributed by atoms with Gasteiger partial charge in [0.1, 0.15) is 11.9 Å². The van der Waals surface area contributed by atoms with Crippen LogP contribution in [0, 0.1) is 5.92 Å². The number of ether oxygens (including phenoxy) is 1. The van der Waals surface area contributed by atoms with Crippen LogP contribution >= 0.6 is 0 Å². The lowest BCUT2D eigenvalue weighted by molar-refractivity contribution is 0.0563. The average molecular weight is 318 g/mol. The van der Waals surface area contributed by atoms with Gasteiger partial charge in [-0.1, -0.05) is 31.0 Å². The van der Waals surface area contributed by atoms with Crippen molar-refractivity contribution in [2.75, 3.05) is 20.1 Å². The van der Waals surface area contributed by atoms with E-state index in [0.717, 1.165) is 37.9 Å². The van der Waals surface area contributed by atoms with Crippen LogP contribution in [-0.4, -0.2) is 48.4 Å². The fourth-order valence-electron chi connectivity index (χ4n) is 3.54. The second kappa shape index (κ2) is 7.21. The molecular formula is C18H26N2O3. The molecule has 0 unspecified atom stereocenters. The van der Waals surface area contributed by atoms with Crippen LogP contribution in [0.5, 0.6) is 5.75 Å². The predicted molar refractivity (Wildman–Crippen MR) is 88.6 cm³/mol. The van der Waals surface area contributed by atoms with Crippen LogP contribution in [0.4, 0.5) is 4.79 Å². The van der Waals surface area contributed by atoms with E-state index >= 15 is 0 Å². The number of amides is 2. The van der Waals surface area contributed by atoms with Crippen LogP contribution in [0.3, 0.4) is 0 Å². The first-order chi connectivity index (χ1) is 11.1. The number of hydrogen-bond acceptors (Lipinski definition) is 3. The molecule has 0 aromatic heterocycles. The summed E-state index contributed by atoms with van der Waals surface area (Å²) >= 11 is 0. The first-order valence-electron chi connectivity index (χ1n) is 8.55. The van der Waals surface area contributed by atoms with Gasteiger partial charge in [-0.3, -0.25) is 0 Å². The van der Waals surface area contributed by atoms with Gasteiger partial charge in [-0.25, -0.2) is 4.79 Å². The molecule has 5 heteroatoms. The zero-order valence-corrected chi connectivity index (χ0v) is 13.7. The molecule has 2 aliphatic rings. The minimum Gasteiger partial charge on any atom is -0.488 e. The zero-order chi connectivity index (χ0) is 16.2. The third kappa shape index (κ3) is 3.96. The fraction of sp³-hybridized carbons (Fsp3) is 0.611. The largest absolute Gasteiger partial charge is 0.488 e. The topological polar surface area (TPSA) is 61.8 Å². The Kier molecular flexibility index (Phi) is 5.06. The summed E-state index contributed by atoms with van der Waals surface area (Å²) in [5.74, 6) is 1.12. The summed E-state index contributed by atoms with van der Waals surface area (Å²) in [5, 5.41) is 13.0. The number of rotatable bonds is 4. The van der Waals surface area contributed by atoms with Gasteiger partial charge in [0.25, 0.3) is 0 Å². The normalized spacial score (nSPS) is 26.3. The summed E-state index contributed by atoms with van der Waals surface area (Å²) in [6.07, 6.45) is 4.66. The number of carbonyl (C=O) groups is 1. The molecule has 1 aromatic carbocycles. The van der Waals surface area contributed by atoms with Gasteiger partial charge < -0.3 is 20.1 Å². The Balaban J connectivity index is 1.43. The second-order valence-electron chi connectivity index (χ2n) is 6.73. The Morgan fingerprint density at radius 2 is 2.13 bits per heavy atom. The van der Waals surface area contributed by atoms with Crippen molar-refractivity contribution in [3.8, 4) is 5.75 Å². The number of aliphatic hydroxyl groups is 1. The number of benzene rings is 1. The summed E-state index contributed by atoms with van der Waals surface area (Å²) in [7, 11) is 1.79. The van der Waals surface area contributed by atoms with Gasteiger partial charge in [0.15, 0.2) is 0 Å².